The molecule has 0 fully saturated rings. The average Bonchev–Trinajstić information content (AvgIpc) is 3.20. The molecule has 0 radical (unpaired) electrons. The van der Waals surface area contributed by atoms with Crippen molar-refractivity contribution in [2.75, 3.05) is 7.05 Å². The Labute approximate surface area is 173 Å². The molecule has 0 atom stereocenters. The molecule has 0 saturated heterocycles. The van der Waals surface area contributed by atoms with Gasteiger partial charge in [0.25, 0.3) is 11.8 Å². The summed E-state index contributed by atoms with van der Waals surface area (Å²) in [4.78, 5) is 30.5. The molecular formula is C21H11ClF2N4O2. The monoisotopic (exact) mass is 424 g/mol. The summed E-state index contributed by atoms with van der Waals surface area (Å²) in [5.74, 6) is -2.54. The molecule has 0 spiro atoms. The number of nitrogens with zero attached hydrogens (tertiary/aromatic N) is 4. The average molecular weight is 425 g/mol. The molecule has 1 aliphatic heterocycles. The number of fused-ring (bicyclic) bond motifs is 3. The number of aromatic nitrogens is 3. The summed E-state index contributed by atoms with van der Waals surface area (Å²) in [6.45, 7) is 0. The summed E-state index contributed by atoms with van der Waals surface area (Å²) >= 11 is 5.98. The van der Waals surface area contributed by atoms with Crippen LogP contribution in [0.25, 0.3) is 28.0 Å². The van der Waals surface area contributed by atoms with Gasteiger partial charge >= 0.3 is 0 Å². The van der Waals surface area contributed by atoms with Gasteiger partial charge in [0.2, 0.25) is 0 Å². The number of carbonyl (C=O) groups is 2. The highest BCUT2D eigenvalue weighted by atomic mass is 35.5. The van der Waals surface area contributed by atoms with Crippen LogP contribution in [-0.2, 0) is 0 Å². The Bertz CT molecular complexity index is 1360. The van der Waals surface area contributed by atoms with Crippen molar-refractivity contribution in [3.05, 3.63) is 76.4 Å². The molecule has 2 aromatic heterocycles. The van der Waals surface area contributed by atoms with Gasteiger partial charge in [-0.2, -0.15) is 5.10 Å². The Balaban J connectivity index is 1.89. The van der Waals surface area contributed by atoms with Gasteiger partial charge in [0.1, 0.15) is 17.3 Å². The maximum absolute atomic E-state index is 13.9. The Hall–Kier alpha value is -3.65. The van der Waals surface area contributed by atoms with Crippen LogP contribution in [0.2, 0.25) is 5.02 Å². The molecule has 6 nitrogen and oxygen atoms in total. The Morgan fingerprint density at radius 3 is 2.30 bits per heavy atom. The van der Waals surface area contributed by atoms with Crippen molar-refractivity contribution in [3.8, 4) is 16.9 Å². The van der Waals surface area contributed by atoms with E-state index in [1.165, 1.54) is 17.9 Å². The third kappa shape index (κ3) is 2.61. The van der Waals surface area contributed by atoms with Gasteiger partial charge in [-0.05, 0) is 24.3 Å². The van der Waals surface area contributed by atoms with Crippen molar-refractivity contribution in [3.63, 3.8) is 0 Å². The first kappa shape index (κ1) is 18.4. The maximum Gasteiger partial charge on any atom is 0.262 e. The fraction of sp³-hybridized carbons (Fsp3) is 0.0476. The molecule has 4 aromatic rings. The number of rotatable bonds is 2. The fourth-order valence-electron chi connectivity index (χ4n) is 3.56. The van der Waals surface area contributed by atoms with E-state index in [1.54, 1.807) is 24.3 Å². The number of hydrogen-bond acceptors (Lipinski definition) is 4. The van der Waals surface area contributed by atoms with Crippen LogP contribution in [0.3, 0.4) is 0 Å². The minimum absolute atomic E-state index is 0.0929. The molecule has 5 rings (SSSR count). The second-order valence-electron chi connectivity index (χ2n) is 6.81. The lowest BCUT2D eigenvalue weighted by atomic mass is 10.0. The first-order valence-electron chi connectivity index (χ1n) is 8.81. The lowest BCUT2D eigenvalue weighted by Crippen LogP contribution is -2.24. The van der Waals surface area contributed by atoms with E-state index in [0.29, 0.717) is 21.7 Å². The topological polar surface area (TPSA) is 68.1 Å². The summed E-state index contributed by atoms with van der Waals surface area (Å²) in [6, 6.07) is 9.66. The predicted molar refractivity (Wildman–Crippen MR) is 106 cm³/mol. The minimum Gasteiger partial charge on any atom is -0.277 e. The molecule has 3 heterocycles. The SMILES string of the molecule is CN1C(=O)c2cnc3c(c(-c4ccc(Cl)cc4)nn3-c3cc(F)cc(F)c3)c2C1=O. The van der Waals surface area contributed by atoms with E-state index in [4.69, 9.17) is 11.6 Å². The van der Waals surface area contributed by atoms with Crippen LogP contribution in [0.5, 0.6) is 0 Å². The van der Waals surface area contributed by atoms with Gasteiger partial charge in [-0.25, -0.2) is 18.4 Å². The van der Waals surface area contributed by atoms with E-state index in [1.807, 2.05) is 0 Å². The van der Waals surface area contributed by atoms with Crippen LogP contribution < -0.4 is 0 Å². The molecule has 30 heavy (non-hydrogen) atoms. The van der Waals surface area contributed by atoms with Crippen molar-refractivity contribution >= 4 is 34.4 Å². The second-order valence-corrected chi connectivity index (χ2v) is 7.25. The molecule has 9 heteroatoms. The van der Waals surface area contributed by atoms with Gasteiger partial charge in [-0.3, -0.25) is 14.5 Å². The minimum atomic E-state index is -0.783. The predicted octanol–water partition coefficient (Wildman–Crippen LogP) is 4.24. The second kappa shape index (κ2) is 6.43. The number of amides is 2. The van der Waals surface area contributed by atoms with Gasteiger partial charge in [-0.15, -0.1) is 0 Å². The van der Waals surface area contributed by atoms with Crippen molar-refractivity contribution in [2.24, 2.45) is 0 Å². The zero-order valence-corrected chi connectivity index (χ0v) is 16.1. The largest absolute Gasteiger partial charge is 0.277 e. The van der Waals surface area contributed by atoms with Crippen molar-refractivity contribution in [1.82, 2.24) is 19.7 Å². The Morgan fingerprint density at radius 1 is 0.967 bits per heavy atom. The molecular weight excluding hydrogens is 414 g/mol. The molecule has 0 unspecified atom stereocenters. The summed E-state index contributed by atoms with van der Waals surface area (Å²) in [7, 11) is 1.38. The molecule has 0 saturated carbocycles. The number of pyridine rings is 1. The van der Waals surface area contributed by atoms with Gasteiger partial charge in [0.15, 0.2) is 5.65 Å². The Kier molecular flexibility index (Phi) is 3.94. The summed E-state index contributed by atoms with van der Waals surface area (Å²) in [5, 5.41) is 5.32. The molecule has 2 amide bonds. The van der Waals surface area contributed by atoms with Crippen LogP contribution >= 0.6 is 11.6 Å². The van der Waals surface area contributed by atoms with Crippen molar-refractivity contribution in [2.45, 2.75) is 0 Å². The molecule has 0 N–H and O–H groups in total. The van der Waals surface area contributed by atoms with E-state index in [9.17, 15) is 18.4 Å². The normalized spacial score (nSPS) is 13.4. The first-order valence-corrected chi connectivity index (χ1v) is 9.19. The third-order valence-electron chi connectivity index (χ3n) is 4.96. The van der Waals surface area contributed by atoms with Crippen LogP contribution in [0, 0.1) is 11.6 Å². The quantitative estimate of drug-likeness (QED) is 0.451. The molecule has 0 bridgehead atoms. The third-order valence-corrected chi connectivity index (χ3v) is 5.21. The summed E-state index contributed by atoms with van der Waals surface area (Å²) in [5.41, 5.74) is 1.53. The smallest absolute Gasteiger partial charge is 0.262 e. The fourth-order valence-corrected chi connectivity index (χ4v) is 3.69. The highest BCUT2D eigenvalue weighted by molar-refractivity contribution is 6.30. The van der Waals surface area contributed by atoms with E-state index >= 15 is 0 Å². The maximum atomic E-state index is 13.9. The molecule has 0 aliphatic carbocycles. The number of hydrogen-bond donors (Lipinski definition) is 0. The standard InChI is InChI=1S/C21H11ClF2N4O2/c1-27-20(29)15-9-25-19-17(16(15)21(27)30)18(10-2-4-11(22)5-3-10)26-28(19)14-7-12(23)6-13(24)8-14/h2-9H,1H3. The van der Waals surface area contributed by atoms with Gasteiger partial charge in [-0.1, -0.05) is 23.7 Å². The van der Waals surface area contributed by atoms with E-state index in [-0.39, 0.29) is 22.5 Å². The van der Waals surface area contributed by atoms with E-state index in [2.05, 4.69) is 10.1 Å². The Morgan fingerprint density at radius 2 is 1.63 bits per heavy atom. The van der Waals surface area contributed by atoms with Crippen LogP contribution in [0.15, 0.2) is 48.7 Å². The van der Waals surface area contributed by atoms with Crippen molar-refractivity contribution in [1.29, 1.82) is 0 Å². The molecule has 2 aromatic carbocycles. The molecule has 148 valence electrons. The highest BCUT2D eigenvalue weighted by Gasteiger charge is 2.37. The highest BCUT2D eigenvalue weighted by Crippen LogP contribution is 2.36. The van der Waals surface area contributed by atoms with E-state index < -0.39 is 23.4 Å². The number of halogens is 3. The van der Waals surface area contributed by atoms with Gasteiger partial charge in [0, 0.05) is 29.9 Å². The molecule has 1 aliphatic rings. The van der Waals surface area contributed by atoms with Crippen LogP contribution in [-0.4, -0.2) is 38.5 Å². The number of carbonyl (C=O) groups excluding carboxylic acids is 2. The lowest BCUT2D eigenvalue weighted by molar-refractivity contribution is 0.0693. The van der Waals surface area contributed by atoms with Gasteiger partial charge < -0.3 is 0 Å². The van der Waals surface area contributed by atoms with Gasteiger partial charge in [0.05, 0.1) is 22.2 Å². The summed E-state index contributed by atoms with van der Waals surface area (Å²) < 4.78 is 29.0. The zero-order chi connectivity index (χ0) is 21.2. The van der Waals surface area contributed by atoms with E-state index in [0.717, 1.165) is 23.1 Å². The summed E-state index contributed by atoms with van der Waals surface area (Å²) in [6.07, 6.45) is 1.28. The first-order chi connectivity index (χ1) is 14.3. The number of imide groups is 1. The van der Waals surface area contributed by atoms with Crippen LogP contribution in [0.4, 0.5) is 8.78 Å². The zero-order valence-electron chi connectivity index (χ0n) is 15.4. The number of benzene rings is 2. The lowest BCUT2D eigenvalue weighted by Gasteiger charge is -2.04. The van der Waals surface area contributed by atoms with Crippen molar-refractivity contribution < 1.29 is 18.4 Å². The van der Waals surface area contributed by atoms with Crippen LogP contribution in [0.1, 0.15) is 20.7 Å².